The van der Waals surface area contributed by atoms with Crippen molar-refractivity contribution >= 4 is 16.9 Å². The van der Waals surface area contributed by atoms with Gasteiger partial charge in [-0.2, -0.15) is 0 Å². The number of hydrogen-bond acceptors (Lipinski definition) is 4. The molecule has 0 bridgehead atoms. The molecule has 1 fully saturated rings. The van der Waals surface area contributed by atoms with E-state index in [2.05, 4.69) is 10.2 Å². The second kappa shape index (κ2) is 9.94. The summed E-state index contributed by atoms with van der Waals surface area (Å²) in [6, 6.07) is 17.5. The molecular weight excluding hydrogens is 392 g/mol. The average molecular weight is 423 g/mol. The molecule has 7 nitrogen and oxygen atoms in total. The number of benzene rings is 2. The topological polar surface area (TPSA) is 68.5 Å². The molecule has 0 saturated carbocycles. The molecule has 31 heavy (non-hydrogen) atoms. The van der Waals surface area contributed by atoms with E-state index >= 15 is 0 Å². The first-order chi connectivity index (χ1) is 15.2. The fraction of sp³-hybridized carbons (Fsp3) is 0.417. The van der Waals surface area contributed by atoms with Crippen LogP contribution in [0.25, 0.3) is 11.0 Å². The standard InChI is InChI=1S/C24H30N4O3/c1-2-12-27-21-10-6-7-11-22(21)28(24(27)30)18-23(29)25-20(19-8-4-3-5-9-19)17-26-13-15-31-16-14-26/h3-11,20H,2,12-18H2,1H3,(H,25,29)/t20-/m0/s1. The third-order valence-corrected chi connectivity index (χ3v) is 5.76. The maximum Gasteiger partial charge on any atom is 0.329 e. The van der Waals surface area contributed by atoms with E-state index in [9.17, 15) is 9.59 Å². The highest BCUT2D eigenvalue weighted by atomic mass is 16.5. The summed E-state index contributed by atoms with van der Waals surface area (Å²) in [5.74, 6) is -0.163. The summed E-state index contributed by atoms with van der Waals surface area (Å²) in [5, 5.41) is 3.17. The van der Waals surface area contributed by atoms with Crippen molar-refractivity contribution in [3.63, 3.8) is 0 Å². The van der Waals surface area contributed by atoms with Gasteiger partial charge in [0, 0.05) is 26.2 Å². The molecule has 1 N–H and O–H groups in total. The maximum atomic E-state index is 13.1. The summed E-state index contributed by atoms with van der Waals surface area (Å²) in [6.45, 7) is 6.52. The Kier molecular flexibility index (Phi) is 6.84. The van der Waals surface area contributed by atoms with Gasteiger partial charge in [-0.1, -0.05) is 49.4 Å². The van der Waals surface area contributed by atoms with E-state index in [0.717, 1.165) is 36.1 Å². The lowest BCUT2D eigenvalue weighted by Crippen LogP contribution is -2.44. The van der Waals surface area contributed by atoms with Gasteiger partial charge in [0.2, 0.25) is 5.91 Å². The van der Waals surface area contributed by atoms with E-state index in [0.29, 0.717) is 26.3 Å². The smallest absolute Gasteiger partial charge is 0.329 e. The number of aromatic nitrogens is 2. The third-order valence-electron chi connectivity index (χ3n) is 5.76. The van der Waals surface area contributed by atoms with Crippen LogP contribution in [0.2, 0.25) is 0 Å². The Morgan fingerprint density at radius 2 is 1.65 bits per heavy atom. The summed E-state index contributed by atoms with van der Waals surface area (Å²) in [7, 11) is 0. The molecule has 4 rings (SSSR count). The number of amides is 1. The highest BCUT2D eigenvalue weighted by Gasteiger charge is 2.21. The predicted molar refractivity (Wildman–Crippen MR) is 121 cm³/mol. The number of fused-ring (bicyclic) bond motifs is 1. The summed E-state index contributed by atoms with van der Waals surface area (Å²) in [4.78, 5) is 28.4. The molecule has 7 heteroatoms. The van der Waals surface area contributed by atoms with Gasteiger partial charge in [-0.05, 0) is 24.1 Å². The average Bonchev–Trinajstić information content (AvgIpc) is 3.06. The minimum Gasteiger partial charge on any atom is -0.379 e. The lowest BCUT2D eigenvalue weighted by molar-refractivity contribution is -0.122. The van der Waals surface area contributed by atoms with Gasteiger partial charge < -0.3 is 10.1 Å². The van der Waals surface area contributed by atoms with Gasteiger partial charge in [0.1, 0.15) is 6.54 Å². The van der Waals surface area contributed by atoms with Crippen LogP contribution in [0.1, 0.15) is 24.9 Å². The lowest BCUT2D eigenvalue weighted by atomic mass is 10.1. The summed E-state index contributed by atoms with van der Waals surface area (Å²) in [6.07, 6.45) is 0.857. The summed E-state index contributed by atoms with van der Waals surface area (Å²) >= 11 is 0. The fourth-order valence-corrected chi connectivity index (χ4v) is 4.21. The number of ether oxygens (including phenoxy) is 1. The second-order valence-corrected chi connectivity index (χ2v) is 7.95. The monoisotopic (exact) mass is 422 g/mol. The Morgan fingerprint density at radius 1 is 1.00 bits per heavy atom. The van der Waals surface area contributed by atoms with Gasteiger partial charge in [-0.15, -0.1) is 0 Å². The number of aryl methyl sites for hydroxylation is 1. The number of nitrogens with zero attached hydrogens (tertiary/aromatic N) is 3. The molecule has 2 aromatic carbocycles. The first kappa shape index (κ1) is 21.3. The molecule has 0 aliphatic carbocycles. The summed E-state index contributed by atoms with van der Waals surface area (Å²) in [5.41, 5.74) is 2.58. The normalized spacial score (nSPS) is 15.8. The van der Waals surface area contributed by atoms with Crippen LogP contribution in [0.15, 0.2) is 59.4 Å². The van der Waals surface area contributed by atoms with Gasteiger partial charge >= 0.3 is 5.69 Å². The van der Waals surface area contributed by atoms with Gasteiger partial charge in [-0.25, -0.2) is 4.79 Å². The number of para-hydroxylation sites is 2. The van der Waals surface area contributed by atoms with Crippen LogP contribution in [0.4, 0.5) is 0 Å². The molecule has 0 unspecified atom stereocenters. The molecule has 1 aliphatic rings. The van der Waals surface area contributed by atoms with Crippen molar-refractivity contribution in [1.82, 2.24) is 19.4 Å². The van der Waals surface area contributed by atoms with Crippen LogP contribution in [0.3, 0.4) is 0 Å². The van der Waals surface area contributed by atoms with Crippen LogP contribution >= 0.6 is 0 Å². The number of hydrogen-bond donors (Lipinski definition) is 1. The number of rotatable bonds is 8. The van der Waals surface area contributed by atoms with Gasteiger partial charge in [0.05, 0.1) is 30.3 Å². The van der Waals surface area contributed by atoms with Crippen molar-refractivity contribution in [2.75, 3.05) is 32.8 Å². The van der Waals surface area contributed by atoms with Crippen molar-refractivity contribution < 1.29 is 9.53 Å². The van der Waals surface area contributed by atoms with Crippen LogP contribution in [-0.2, 0) is 22.6 Å². The molecule has 2 heterocycles. The van der Waals surface area contributed by atoms with Gasteiger partial charge in [0.25, 0.3) is 0 Å². The van der Waals surface area contributed by atoms with Crippen molar-refractivity contribution in [3.05, 3.63) is 70.6 Å². The van der Waals surface area contributed by atoms with Crippen LogP contribution in [0, 0.1) is 0 Å². The first-order valence-electron chi connectivity index (χ1n) is 11.0. The maximum absolute atomic E-state index is 13.1. The van der Waals surface area contributed by atoms with E-state index in [1.807, 2.05) is 61.5 Å². The summed E-state index contributed by atoms with van der Waals surface area (Å²) < 4.78 is 8.79. The third kappa shape index (κ3) is 4.89. The van der Waals surface area contributed by atoms with Crippen molar-refractivity contribution in [2.45, 2.75) is 32.5 Å². The van der Waals surface area contributed by atoms with Crippen molar-refractivity contribution in [3.8, 4) is 0 Å². The number of imidazole rings is 1. The zero-order chi connectivity index (χ0) is 21.6. The molecule has 164 valence electrons. The molecule has 1 atom stereocenters. The molecule has 3 aromatic rings. The Bertz CT molecular complexity index is 1070. The predicted octanol–water partition coefficient (Wildman–Crippen LogP) is 2.40. The van der Waals surface area contributed by atoms with E-state index in [1.165, 1.54) is 0 Å². The van der Waals surface area contributed by atoms with Crippen LogP contribution < -0.4 is 11.0 Å². The van der Waals surface area contributed by atoms with E-state index in [1.54, 1.807) is 9.13 Å². The number of carbonyl (C=O) groups is 1. The van der Waals surface area contributed by atoms with E-state index < -0.39 is 0 Å². The molecular formula is C24H30N4O3. The Labute approximate surface area is 182 Å². The molecule has 1 amide bonds. The largest absolute Gasteiger partial charge is 0.379 e. The number of nitrogens with one attached hydrogen (secondary N) is 1. The lowest BCUT2D eigenvalue weighted by Gasteiger charge is -2.31. The van der Waals surface area contributed by atoms with E-state index in [-0.39, 0.29) is 24.2 Å². The first-order valence-corrected chi connectivity index (χ1v) is 11.0. The molecule has 0 spiro atoms. The molecule has 0 radical (unpaired) electrons. The zero-order valence-corrected chi connectivity index (χ0v) is 18.0. The molecule has 1 aliphatic heterocycles. The number of carbonyl (C=O) groups excluding carboxylic acids is 1. The molecule has 1 saturated heterocycles. The fourth-order valence-electron chi connectivity index (χ4n) is 4.21. The highest BCUT2D eigenvalue weighted by Crippen LogP contribution is 2.17. The van der Waals surface area contributed by atoms with Crippen molar-refractivity contribution in [1.29, 1.82) is 0 Å². The highest BCUT2D eigenvalue weighted by molar-refractivity contribution is 5.81. The Morgan fingerprint density at radius 3 is 2.32 bits per heavy atom. The second-order valence-electron chi connectivity index (χ2n) is 7.95. The zero-order valence-electron chi connectivity index (χ0n) is 18.0. The van der Waals surface area contributed by atoms with Gasteiger partial charge in [-0.3, -0.25) is 18.8 Å². The molecule has 1 aromatic heterocycles. The van der Waals surface area contributed by atoms with Crippen LogP contribution in [-0.4, -0.2) is 52.8 Å². The SMILES string of the molecule is CCCn1c(=O)n(CC(=O)N[C@@H](CN2CCOCC2)c2ccccc2)c2ccccc21. The minimum atomic E-state index is -0.163. The Balaban J connectivity index is 1.55. The Hall–Kier alpha value is -2.90. The quantitative estimate of drug-likeness (QED) is 0.605. The van der Waals surface area contributed by atoms with Crippen molar-refractivity contribution in [2.24, 2.45) is 0 Å². The minimum absolute atomic E-state index is 0.00249. The van der Waals surface area contributed by atoms with Crippen LogP contribution in [0.5, 0.6) is 0 Å². The van der Waals surface area contributed by atoms with Gasteiger partial charge in [0.15, 0.2) is 0 Å². The van der Waals surface area contributed by atoms with E-state index in [4.69, 9.17) is 4.74 Å². The number of morpholine rings is 1.